The second-order valence-electron chi connectivity index (χ2n) is 4.71. The van der Waals surface area contributed by atoms with E-state index in [1.165, 1.54) is 5.75 Å². The van der Waals surface area contributed by atoms with Crippen molar-refractivity contribution in [3.05, 3.63) is 18.2 Å². The van der Waals surface area contributed by atoms with Crippen LogP contribution < -0.4 is 5.73 Å². The fourth-order valence-electron chi connectivity index (χ4n) is 1.68. The van der Waals surface area contributed by atoms with Crippen LogP contribution in [0.25, 0.3) is 0 Å². The minimum atomic E-state index is -0.310. The molecule has 1 rings (SSSR count). The Hall–Kier alpha value is -0.480. The predicted octanol–water partition coefficient (Wildman–Crippen LogP) is 2.08. The molecule has 0 spiro atoms. The maximum Gasteiger partial charge on any atom is 0.0948 e. The molecule has 0 saturated carbocycles. The van der Waals surface area contributed by atoms with Gasteiger partial charge in [0.2, 0.25) is 0 Å². The number of rotatable bonds is 5. The maximum atomic E-state index is 6.09. The minimum Gasteiger partial charge on any atom is -0.333 e. The van der Waals surface area contributed by atoms with Gasteiger partial charge in [0.05, 0.1) is 17.6 Å². The van der Waals surface area contributed by atoms with Gasteiger partial charge in [-0.2, -0.15) is 11.8 Å². The quantitative estimate of drug-likeness (QED) is 0.837. The van der Waals surface area contributed by atoms with Crippen LogP contribution in [0.3, 0.4) is 0 Å². The van der Waals surface area contributed by atoms with Crippen molar-refractivity contribution < 1.29 is 0 Å². The molecule has 4 heteroatoms. The molecule has 0 radical (unpaired) electrons. The van der Waals surface area contributed by atoms with Crippen LogP contribution in [0.2, 0.25) is 0 Å². The Bertz CT molecular complexity index is 301. The highest BCUT2D eigenvalue weighted by molar-refractivity contribution is 7.98. The van der Waals surface area contributed by atoms with Gasteiger partial charge in [0.1, 0.15) is 0 Å². The Morgan fingerprint density at radius 1 is 1.60 bits per heavy atom. The first-order valence-electron chi connectivity index (χ1n) is 5.23. The largest absolute Gasteiger partial charge is 0.333 e. The summed E-state index contributed by atoms with van der Waals surface area (Å²) in [6, 6.07) is 0. The zero-order valence-corrected chi connectivity index (χ0v) is 10.8. The van der Waals surface area contributed by atoms with E-state index in [1.807, 2.05) is 38.1 Å². The lowest BCUT2D eigenvalue weighted by atomic mass is 10.0. The molecule has 0 aliphatic heterocycles. The first-order chi connectivity index (χ1) is 6.95. The van der Waals surface area contributed by atoms with Crippen LogP contribution >= 0.6 is 11.8 Å². The topological polar surface area (TPSA) is 43.8 Å². The van der Waals surface area contributed by atoms with Gasteiger partial charge in [-0.3, -0.25) is 0 Å². The zero-order chi connectivity index (χ0) is 11.5. The molecular formula is C11H21N3S. The van der Waals surface area contributed by atoms with Gasteiger partial charge in [-0.1, -0.05) is 6.92 Å². The summed E-state index contributed by atoms with van der Waals surface area (Å²) in [6.45, 7) is 7.28. The van der Waals surface area contributed by atoms with E-state index in [9.17, 15) is 0 Å². The molecule has 0 fully saturated rings. The van der Waals surface area contributed by atoms with E-state index in [0.29, 0.717) is 5.92 Å². The first kappa shape index (κ1) is 12.6. The molecule has 0 aliphatic carbocycles. The summed E-state index contributed by atoms with van der Waals surface area (Å²) in [5.41, 5.74) is 6.88. The Kier molecular flexibility index (Phi) is 4.22. The number of thioether (sulfide) groups is 1. The summed E-state index contributed by atoms with van der Waals surface area (Å²) in [5, 5.41) is 0. The minimum absolute atomic E-state index is 0.310. The average Bonchev–Trinajstić information content (AvgIpc) is 2.51. The van der Waals surface area contributed by atoms with Crippen LogP contribution in [-0.4, -0.2) is 21.6 Å². The third-order valence-electron chi connectivity index (χ3n) is 2.33. The van der Waals surface area contributed by atoms with E-state index in [4.69, 9.17) is 5.73 Å². The lowest BCUT2D eigenvalue weighted by Gasteiger charge is -2.22. The van der Waals surface area contributed by atoms with Crippen LogP contribution in [0.15, 0.2) is 12.5 Å². The normalized spacial score (nSPS) is 14.2. The van der Waals surface area contributed by atoms with E-state index < -0.39 is 0 Å². The fraction of sp³-hybridized carbons (Fsp3) is 0.727. The molecule has 3 nitrogen and oxygen atoms in total. The van der Waals surface area contributed by atoms with E-state index in [2.05, 4.69) is 22.7 Å². The molecule has 2 N–H and O–H groups in total. The van der Waals surface area contributed by atoms with Crippen molar-refractivity contribution in [3.8, 4) is 0 Å². The Morgan fingerprint density at radius 2 is 2.27 bits per heavy atom. The van der Waals surface area contributed by atoms with Crippen molar-refractivity contribution in [1.82, 2.24) is 9.55 Å². The van der Waals surface area contributed by atoms with Crippen LogP contribution in [-0.2, 0) is 12.1 Å². The molecule has 0 aliphatic rings. The molecule has 15 heavy (non-hydrogen) atoms. The van der Waals surface area contributed by atoms with Crippen LogP contribution in [0, 0.1) is 5.92 Å². The lowest BCUT2D eigenvalue weighted by Crippen LogP contribution is -2.32. The van der Waals surface area contributed by atoms with Gasteiger partial charge in [-0.25, -0.2) is 4.98 Å². The van der Waals surface area contributed by atoms with Crippen LogP contribution in [0.5, 0.6) is 0 Å². The molecular weight excluding hydrogens is 206 g/mol. The second kappa shape index (κ2) is 5.03. The first-order valence-corrected chi connectivity index (χ1v) is 6.63. The number of hydrogen-bond acceptors (Lipinski definition) is 3. The number of nitrogens with two attached hydrogens (primary N) is 1. The number of aromatic nitrogens is 2. The van der Waals surface area contributed by atoms with Crippen molar-refractivity contribution in [3.63, 3.8) is 0 Å². The third-order valence-corrected chi connectivity index (χ3v) is 3.23. The molecule has 1 unspecified atom stereocenters. The summed E-state index contributed by atoms with van der Waals surface area (Å²) in [5.74, 6) is 1.82. The second-order valence-corrected chi connectivity index (χ2v) is 5.62. The van der Waals surface area contributed by atoms with Crippen molar-refractivity contribution in [1.29, 1.82) is 0 Å². The highest BCUT2D eigenvalue weighted by Gasteiger charge is 2.19. The highest BCUT2D eigenvalue weighted by Crippen LogP contribution is 2.18. The van der Waals surface area contributed by atoms with Crippen molar-refractivity contribution in [2.24, 2.45) is 11.7 Å². The predicted molar refractivity (Wildman–Crippen MR) is 67.0 cm³/mol. The van der Waals surface area contributed by atoms with Gasteiger partial charge in [-0.05, 0) is 31.8 Å². The molecule has 1 aromatic rings. The van der Waals surface area contributed by atoms with Gasteiger partial charge in [0, 0.05) is 12.7 Å². The van der Waals surface area contributed by atoms with Gasteiger partial charge in [0.15, 0.2) is 0 Å². The van der Waals surface area contributed by atoms with Gasteiger partial charge in [0.25, 0.3) is 0 Å². The summed E-state index contributed by atoms with van der Waals surface area (Å²) in [7, 11) is 0. The SMILES string of the molecule is CSCC(C)Cn1cncc1C(C)(C)N. The number of nitrogens with zero attached hydrogens (tertiary/aromatic N) is 2. The lowest BCUT2D eigenvalue weighted by molar-refractivity contribution is 0.453. The molecule has 1 atom stereocenters. The zero-order valence-electron chi connectivity index (χ0n) is 10.0. The molecule has 0 aromatic carbocycles. The molecule has 0 amide bonds. The van der Waals surface area contributed by atoms with Crippen molar-refractivity contribution in [2.45, 2.75) is 32.9 Å². The van der Waals surface area contributed by atoms with Crippen LogP contribution in [0.1, 0.15) is 26.5 Å². The fourth-order valence-corrected chi connectivity index (χ4v) is 2.35. The van der Waals surface area contributed by atoms with E-state index in [-0.39, 0.29) is 5.54 Å². The van der Waals surface area contributed by atoms with Gasteiger partial charge in [-0.15, -0.1) is 0 Å². The smallest absolute Gasteiger partial charge is 0.0948 e. The molecule has 1 aromatic heterocycles. The van der Waals surface area contributed by atoms with Crippen molar-refractivity contribution >= 4 is 11.8 Å². The Balaban J connectivity index is 2.74. The number of hydrogen-bond donors (Lipinski definition) is 1. The monoisotopic (exact) mass is 227 g/mol. The maximum absolute atomic E-state index is 6.09. The van der Waals surface area contributed by atoms with Crippen molar-refractivity contribution in [2.75, 3.05) is 12.0 Å². The van der Waals surface area contributed by atoms with E-state index in [0.717, 1.165) is 12.2 Å². The Morgan fingerprint density at radius 3 is 2.80 bits per heavy atom. The van der Waals surface area contributed by atoms with E-state index in [1.54, 1.807) is 0 Å². The van der Waals surface area contributed by atoms with Gasteiger partial charge < -0.3 is 10.3 Å². The van der Waals surface area contributed by atoms with E-state index >= 15 is 0 Å². The molecule has 0 bridgehead atoms. The summed E-state index contributed by atoms with van der Waals surface area (Å²) in [4.78, 5) is 4.18. The summed E-state index contributed by atoms with van der Waals surface area (Å²) < 4.78 is 2.17. The Labute approximate surface area is 96.5 Å². The standard InChI is InChI=1S/C11H21N3S/c1-9(7-15-4)6-14-8-13-5-10(14)11(2,3)12/h5,8-9H,6-7,12H2,1-4H3. The third kappa shape index (κ3) is 3.54. The molecule has 1 heterocycles. The van der Waals surface area contributed by atoms with Crippen LogP contribution in [0.4, 0.5) is 0 Å². The molecule has 0 saturated heterocycles. The summed E-state index contributed by atoms with van der Waals surface area (Å²) in [6.07, 6.45) is 5.88. The summed E-state index contributed by atoms with van der Waals surface area (Å²) >= 11 is 1.88. The molecule has 86 valence electrons. The van der Waals surface area contributed by atoms with Gasteiger partial charge >= 0.3 is 0 Å². The average molecular weight is 227 g/mol. The number of imidazole rings is 1. The highest BCUT2D eigenvalue weighted by atomic mass is 32.2.